The van der Waals surface area contributed by atoms with E-state index < -0.39 is 15.7 Å². The zero-order chi connectivity index (χ0) is 23.7. The number of para-hydroxylation sites is 1. The lowest BCUT2D eigenvalue weighted by atomic mass is 10.1. The Labute approximate surface area is 195 Å². The number of amides is 1. The van der Waals surface area contributed by atoms with E-state index in [-0.39, 0.29) is 17.4 Å². The number of benzene rings is 1. The zero-order valence-corrected chi connectivity index (χ0v) is 19.0. The van der Waals surface area contributed by atoms with E-state index in [1.807, 2.05) is 48.7 Å². The van der Waals surface area contributed by atoms with Crippen molar-refractivity contribution >= 4 is 21.3 Å². The summed E-state index contributed by atoms with van der Waals surface area (Å²) in [7, 11) is -3.63. The van der Waals surface area contributed by atoms with Crippen LogP contribution < -0.4 is 5.32 Å². The number of hydrogen-bond acceptors (Lipinski definition) is 6. The molecule has 4 aromatic heterocycles. The lowest BCUT2D eigenvalue weighted by Gasteiger charge is -2.04. The van der Waals surface area contributed by atoms with E-state index in [1.54, 1.807) is 41.5 Å². The molecular formula is C24H20N6O3S. The molecule has 5 aromatic rings. The predicted molar refractivity (Wildman–Crippen MR) is 126 cm³/mol. The van der Waals surface area contributed by atoms with Crippen molar-refractivity contribution in [3.05, 3.63) is 96.7 Å². The minimum atomic E-state index is -3.63. The summed E-state index contributed by atoms with van der Waals surface area (Å²) < 4.78 is 27.5. The highest BCUT2D eigenvalue weighted by Gasteiger charge is 2.23. The first-order chi connectivity index (χ1) is 16.4. The number of carbonyl (C=O) groups is 1. The van der Waals surface area contributed by atoms with Crippen LogP contribution in [0.3, 0.4) is 0 Å². The molecule has 34 heavy (non-hydrogen) atoms. The van der Waals surface area contributed by atoms with Gasteiger partial charge in [-0.3, -0.25) is 14.2 Å². The van der Waals surface area contributed by atoms with Gasteiger partial charge in [-0.1, -0.05) is 24.3 Å². The third kappa shape index (κ3) is 4.06. The number of imidazole rings is 1. The molecule has 0 unspecified atom stereocenters. The number of carbonyl (C=O) groups excluding carboxylic acids is 1. The van der Waals surface area contributed by atoms with E-state index in [4.69, 9.17) is 5.10 Å². The molecule has 1 N–H and O–H groups in total. The number of sulfone groups is 1. The van der Waals surface area contributed by atoms with Crippen molar-refractivity contribution in [1.82, 2.24) is 29.5 Å². The van der Waals surface area contributed by atoms with E-state index in [1.165, 1.54) is 4.40 Å². The Kier molecular flexibility index (Phi) is 5.42. The van der Waals surface area contributed by atoms with Crippen LogP contribution in [-0.4, -0.2) is 44.7 Å². The molecule has 170 valence electrons. The maximum absolute atomic E-state index is 13.1. The molecule has 0 radical (unpaired) electrons. The van der Waals surface area contributed by atoms with E-state index >= 15 is 0 Å². The van der Waals surface area contributed by atoms with Crippen molar-refractivity contribution < 1.29 is 13.2 Å². The van der Waals surface area contributed by atoms with Crippen LogP contribution >= 0.6 is 0 Å². The summed E-state index contributed by atoms with van der Waals surface area (Å²) in [5.74, 6) is -0.480. The number of aromatic nitrogens is 5. The van der Waals surface area contributed by atoms with Crippen molar-refractivity contribution in [2.24, 2.45) is 0 Å². The van der Waals surface area contributed by atoms with E-state index in [2.05, 4.69) is 15.3 Å². The van der Waals surface area contributed by atoms with Gasteiger partial charge < -0.3 is 5.32 Å². The van der Waals surface area contributed by atoms with Gasteiger partial charge in [0, 0.05) is 48.7 Å². The van der Waals surface area contributed by atoms with Crippen molar-refractivity contribution in [2.75, 3.05) is 6.26 Å². The van der Waals surface area contributed by atoms with Gasteiger partial charge in [-0.05, 0) is 36.4 Å². The average molecular weight is 473 g/mol. The van der Waals surface area contributed by atoms with Gasteiger partial charge in [0.1, 0.15) is 0 Å². The summed E-state index contributed by atoms with van der Waals surface area (Å²) >= 11 is 0. The smallest absolute Gasteiger partial charge is 0.272 e. The van der Waals surface area contributed by atoms with Gasteiger partial charge in [-0.25, -0.2) is 18.1 Å². The Hall–Kier alpha value is -4.31. The number of fused-ring (bicyclic) bond motifs is 1. The zero-order valence-electron chi connectivity index (χ0n) is 18.2. The molecule has 0 aliphatic heterocycles. The first-order valence-electron chi connectivity index (χ1n) is 10.4. The molecule has 4 heterocycles. The number of rotatable bonds is 6. The topological polar surface area (TPSA) is 111 Å². The van der Waals surface area contributed by atoms with Crippen LogP contribution in [0, 0.1) is 0 Å². The van der Waals surface area contributed by atoms with Gasteiger partial charge in [0.2, 0.25) is 15.0 Å². The molecule has 0 saturated carbocycles. The van der Waals surface area contributed by atoms with Crippen LogP contribution in [0.1, 0.15) is 16.1 Å². The molecule has 10 heteroatoms. The fourth-order valence-electron chi connectivity index (χ4n) is 3.70. The minimum Gasteiger partial charge on any atom is -0.346 e. The molecular weight excluding hydrogens is 452 g/mol. The monoisotopic (exact) mass is 472 g/mol. The van der Waals surface area contributed by atoms with Crippen LogP contribution in [0.5, 0.6) is 0 Å². The van der Waals surface area contributed by atoms with Gasteiger partial charge in [-0.15, -0.1) is 0 Å². The molecule has 0 aliphatic rings. The first kappa shape index (κ1) is 21.5. The predicted octanol–water partition coefficient (Wildman–Crippen LogP) is 2.92. The number of hydrogen-bond donors (Lipinski definition) is 1. The minimum absolute atomic E-state index is 0.0435. The maximum atomic E-state index is 13.1. The lowest BCUT2D eigenvalue weighted by Crippen LogP contribution is -2.23. The Balaban J connectivity index is 1.49. The van der Waals surface area contributed by atoms with Gasteiger partial charge in [0.25, 0.3) is 5.91 Å². The third-order valence-corrected chi connectivity index (χ3v) is 6.22. The maximum Gasteiger partial charge on any atom is 0.272 e. The second-order valence-electron chi connectivity index (χ2n) is 7.67. The molecule has 1 amide bonds. The van der Waals surface area contributed by atoms with Crippen molar-refractivity contribution in [1.29, 1.82) is 0 Å². The van der Waals surface area contributed by atoms with Crippen molar-refractivity contribution in [2.45, 2.75) is 11.7 Å². The molecule has 1 aromatic carbocycles. The second-order valence-corrected chi connectivity index (χ2v) is 9.58. The van der Waals surface area contributed by atoms with E-state index in [9.17, 15) is 13.2 Å². The summed E-state index contributed by atoms with van der Waals surface area (Å²) in [6.45, 7) is 0.170. The summed E-state index contributed by atoms with van der Waals surface area (Å²) in [6, 6.07) is 18.4. The quantitative estimate of drug-likeness (QED) is 0.407. The van der Waals surface area contributed by atoms with Crippen molar-refractivity contribution in [3.8, 4) is 16.9 Å². The Bertz CT molecular complexity index is 1590. The van der Waals surface area contributed by atoms with Crippen LogP contribution in [-0.2, 0) is 16.4 Å². The Morgan fingerprint density at radius 1 is 1.00 bits per heavy atom. The Morgan fingerprint density at radius 3 is 2.47 bits per heavy atom. The molecule has 0 aliphatic carbocycles. The summed E-state index contributed by atoms with van der Waals surface area (Å²) in [5, 5.41) is 7.42. The summed E-state index contributed by atoms with van der Waals surface area (Å²) in [6.07, 6.45) is 7.86. The van der Waals surface area contributed by atoms with E-state index in [0.29, 0.717) is 11.2 Å². The van der Waals surface area contributed by atoms with Gasteiger partial charge in [0.15, 0.2) is 5.69 Å². The lowest BCUT2D eigenvalue weighted by molar-refractivity contribution is 0.0948. The van der Waals surface area contributed by atoms with E-state index in [0.717, 1.165) is 23.1 Å². The van der Waals surface area contributed by atoms with Gasteiger partial charge in [0.05, 0.1) is 16.9 Å². The number of nitrogens with zero attached hydrogens (tertiary/aromatic N) is 5. The van der Waals surface area contributed by atoms with Crippen LogP contribution in [0.2, 0.25) is 0 Å². The highest BCUT2D eigenvalue weighted by Crippen LogP contribution is 2.24. The molecule has 0 atom stereocenters. The SMILES string of the molecule is CS(=O)(=O)c1nc(C(=O)NCc2cn(-c3ccccc3)nc2-c2ccncc2)c2ccccn12. The molecule has 0 bridgehead atoms. The summed E-state index contributed by atoms with van der Waals surface area (Å²) in [4.78, 5) is 21.3. The fourth-order valence-corrected chi connectivity index (χ4v) is 4.48. The number of nitrogens with one attached hydrogen (secondary N) is 1. The molecule has 0 spiro atoms. The molecule has 5 rings (SSSR count). The standard InChI is InChI=1S/C24H20N6O3S/c1-34(32,33)24-27-22(20-9-5-6-14-29(20)24)23(31)26-15-18-16-30(19-7-3-2-4-8-19)28-21(18)17-10-12-25-13-11-17/h2-14,16H,15H2,1H3,(H,26,31). The van der Waals surface area contributed by atoms with Gasteiger partial charge in [-0.2, -0.15) is 5.10 Å². The normalized spacial score (nSPS) is 11.6. The molecule has 9 nitrogen and oxygen atoms in total. The molecule has 0 fully saturated rings. The first-order valence-corrected chi connectivity index (χ1v) is 12.3. The Morgan fingerprint density at radius 2 is 1.74 bits per heavy atom. The largest absolute Gasteiger partial charge is 0.346 e. The second kappa shape index (κ2) is 8.56. The van der Waals surface area contributed by atoms with Crippen LogP contribution in [0.15, 0.2) is 90.6 Å². The highest BCUT2D eigenvalue weighted by molar-refractivity contribution is 7.90. The van der Waals surface area contributed by atoms with Crippen LogP contribution in [0.4, 0.5) is 0 Å². The fraction of sp³-hybridized carbons (Fsp3) is 0.0833. The van der Waals surface area contributed by atoms with Crippen LogP contribution in [0.25, 0.3) is 22.5 Å². The number of pyridine rings is 2. The molecule has 0 saturated heterocycles. The third-order valence-electron chi connectivity index (χ3n) is 5.27. The highest BCUT2D eigenvalue weighted by atomic mass is 32.2. The average Bonchev–Trinajstić information content (AvgIpc) is 3.46. The van der Waals surface area contributed by atoms with Crippen molar-refractivity contribution in [3.63, 3.8) is 0 Å². The summed E-state index contributed by atoms with van der Waals surface area (Å²) in [5.41, 5.74) is 3.69. The van der Waals surface area contributed by atoms with Gasteiger partial charge >= 0.3 is 0 Å².